The first-order chi connectivity index (χ1) is 11.0. The van der Waals surface area contributed by atoms with Crippen molar-refractivity contribution < 1.29 is 13.3 Å². The number of rotatable bonds is 3. The van der Waals surface area contributed by atoms with E-state index in [9.17, 15) is 8.78 Å². The molecule has 23 heavy (non-hydrogen) atoms. The summed E-state index contributed by atoms with van der Waals surface area (Å²) in [6, 6.07) is 7.29. The van der Waals surface area contributed by atoms with E-state index < -0.39 is 6.43 Å². The zero-order chi connectivity index (χ0) is 16.1. The van der Waals surface area contributed by atoms with Crippen LogP contribution in [0.2, 0.25) is 0 Å². The zero-order valence-electron chi connectivity index (χ0n) is 12.9. The van der Waals surface area contributed by atoms with Crippen LogP contribution in [-0.2, 0) is 0 Å². The summed E-state index contributed by atoms with van der Waals surface area (Å²) in [4.78, 5) is 4.43. The van der Waals surface area contributed by atoms with Crippen LogP contribution < -0.4 is 0 Å². The maximum absolute atomic E-state index is 13.6. The molecular weight excluding hydrogens is 298 g/mol. The summed E-state index contributed by atoms with van der Waals surface area (Å²) in [7, 11) is 0. The Bertz CT molecular complexity index is 897. The molecule has 0 radical (unpaired) electrons. The lowest BCUT2D eigenvalue weighted by Crippen LogP contribution is -1.94. The van der Waals surface area contributed by atoms with Crippen LogP contribution in [-0.4, -0.2) is 10.1 Å². The van der Waals surface area contributed by atoms with Crippen LogP contribution in [0.25, 0.3) is 22.4 Å². The number of pyridine rings is 1. The Balaban J connectivity index is 1.93. The molecule has 0 unspecified atom stereocenters. The molecule has 1 saturated carbocycles. The fraction of sp³-hybridized carbons (Fsp3) is 0.333. The van der Waals surface area contributed by atoms with E-state index >= 15 is 0 Å². The molecule has 1 aliphatic carbocycles. The second-order valence-corrected chi connectivity index (χ2v) is 6.22. The number of halogens is 2. The Morgan fingerprint density at radius 3 is 2.57 bits per heavy atom. The molecule has 4 rings (SSSR count). The highest BCUT2D eigenvalue weighted by Crippen LogP contribution is 2.45. The van der Waals surface area contributed by atoms with E-state index in [1.807, 2.05) is 32.0 Å². The topological polar surface area (TPSA) is 38.9 Å². The van der Waals surface area contributed by atoms with E-state index in [0.717, 1.165) is 29.5 Å². The smallest absolute Gasteiger partial charge is 0.264 e. The van der Waals surface area contributed by atoms with Crippen molar-refractivity contribution in [1.82, 2.24) is 10.1 Å². The number of alkyl halides is 2. The van der Waals surface area contributed by atoms with Crippen molar-refractivity contribution in [3.63, 3.8) is 0 Å². The van der Waals surface area contributed by atoms with Crippen LogP contribution in [0.4, 0.5) is 8.78 Å². The Morgan fingerprint density at radius 2 is 1.91 bits per heavy atom. The highest BCUT2D eigenvalue weighted by atomic mass is 19.3. The first-order valence-corrected chi connectivity index (χ1v) is 7.70. The van der Waals surface area contributed by atoms with Gasteiger partial charge in [-0.25, -0.2) is 13.8 Å². The van der Waals surface area contributed by atoms with Crippen molar-refractivity contribution in [2.24, 2.45) is 0 Å². The molecule has 3 aromatic rings. The van der Waals surface area contributed by atoms with Gasteiger partial charge in [0.15, 0.2) is 0 Å². The summed E-state index contributed by atoms with van der Waals surface area (Å²) >= 11 is 0. The monoisotopic (exact) mass is 314 g/mol. The van der Waals surface area contributed by atoms with E-state index in [1.54, 1.807) is 0 Å². The Morgan fingerprint density at radius 1 is 1.13 bits per heavy atom. The van der Waals surface area contributed by atoms with E-state index in [-0.39, 0.29) is 17.2 Å². The van der Waals surface area contributed by atoms with Gasteiger partial charge in [0.05, 0.1) is 16.8 Å². The summed E-state index contributed by atoms with van der Waals surface area (Å²) in [5.41, 5.74) is 4.35. The van der Waals surface area contributed by atoms with Crippen molar-refractivity contribution in [2.45, 2.75) is 39.0 Å². The first kappa shape index (κ1) is 14.3. The molecule has 2 heterocycles. The summed E-state index contributed by atoms with van der Waals surface area (Å²) in [6.45, 7) is 4.00. The molecule has 0 bridgehead atoms. The van der Waals surface area contributed by atoms with Gasteiger partial charge in [-0.3, -0.25) is 0 Å². The van der Waals surface area contributed by atoms with E-state index in [2.05, 4.69) is 10.1 Å². The minimum absolute atomic E-state index is 0.0358. The van der Waals surface area contributed by atoms with E-state index in [0.29, 0.717) is 16.8 Å². The zero-order valence-corrected chi connectivity index (χ0v) is 12.9. The van der Waals surface area contributed by atoms with Crippen LogP contribution in [0, 0.1) is 13.8 Å². The van der Waals surface area contributed by atoms with Crippen LogP contribution in [0.3, 0.4) is 0 Å². The Hall–Kier alpha value is -2.30. The third-order valence-electron chi connectivity index (χ3n) is 4.51. The first-order valence-electron chi connectivity index (χ1n) is 7.70. The molecule has 0 spiro atoms. The number of aromatic nitrogens is 2. The largest absolute Gasteiger partial charge is 0.335 e. The summed E-state index contributed by atoms with van der Waals surface area (Å²) in [5, 5.41) is 4.39. The number of hydrogen-bond acceptors (Lipinski definition) is 3. The van der Waals surface area contributed by atoms with Gasteiger partial charge in [0.2, 0.25) is 0 Å². The highest BCUT2D eigenvalue weighted by molar-refractivity contribution is 5.84. The van der Waals surface area contributed by atoms with Gasteiger partial charge in [-0.2, -0.15) is 0 Å². The number of hydrogen-bond donors (Lipinski definition) is 0. The van der Waals surface area contributed by atoms with Gasteiger partial charge < -0.3 is 4.52 Å². The average Bonchev–Trinajstić information content (AvgIpc) is 3.28. The van der Waals surface area contributed by atoms with Gasteiger partial charge in [0.25, 0.3) is 12.1 Å². The third kappa shape index (κ3) is 2.40. The molecule has 0 amide bonds. The molecule has 2 aromatic heterocycles. The SMILES string of the molecule is Cc1ccc(-c2cc(C(F)F)c3c(C4CC4)noc3n2)cc1C. The maximum Gasteiger partial charge on any atom is 0.264 e. The summed E-state index contributed by atoms with van der Waals surface area (Å²) in [5.74, 6) is 0.239. The molecule has 1 fully saturated rings. The predicted molar refractivity (Wildman–Crippen MR) is 83.6 cm³/mol. The minimum atomic E-state index is -2.58. The number of fused-ring (bicyclic) bond motifs is 1. The lowest BCUT2D eigenvalue weighted by Gasteiger charge is -2.08. The van der Waals surface area contributed by atoms with Crippen molar-refractivity contribution in [3.05, 3.63) is 46.6 Å². The van der Waals surface area contributed by atoms with Crippen molar-refractivity contribution >= 4 is 11.1 Å². The molecule has 1 aliphatic rings. The average molecular weight is 314 g/mol. The molecule has 0 aliphatic heterocycles. The quantitative estimate of drug-likeness (QED) is 0.656. The van der Waals surface area contributed by atoms with Gasteiger partial charge in [-0.05, 0) is 49.9 Å². The number of aryl methyl sites for hydroxylation is 2. The number of nitrogens with zero attached hydrogens (tertiary/aromatic N) is 2. The molecule has 118 valence electrons. The predicted octanol–water partition coefficient (Wildman–Crippen LogP) is 5.32. The maximum atomic E-state index is 13.6. The van der Waals surface area contributed by atoms with Crippen LogP contribution in [0.15, 0.2) is 28.8 Å². The molecule has 5 heteroatoms. The van der Waals surface area contributed by atoms with Gasteiger partial charge in [-0.1, -0.05) is 17.3 Å². The molecule has 0 atom stereocenters. The third-order valence-corrected chi connectivity index (χ3v) is 4.51. The molecule has 3 nitrogen and oxygen atoms in total. The van der Waals surface area contributed by atoms with Crippen LogP contribution in [0.5, 0.6) is 0 Å². The number of benzene rings is 1. The fourth-order valence-corrected chi connectivity index (χ4v) is 2.86. The van der Waals surface area contributed by atoms with Crippen molar-refractivity contribution in [1.29, 1.82) is 0 Å². The lowest BCUT2D eigenvalue weighted by molar-refractivity contribution is 0.153. The van der Waals surface area contributed by atoms with E-state index in [4.69, 9.17) is 4.52 Å². The molecule has 0 N–H and O–H groups in total. The van der Waals surface area contributed by atoms with Crippen molar-refractivity contribution in [2.75, 3.05) is 0 Å². The van der Waals surface area contributed by atoms with Gasteiger partial charge in [-0.15, -0.1) is 0 Å². The highest BCUT2D eigenvalue weighted by Gasteiger charge is 2.32. The molecular formula is C18H16F2N2O. The van der Waals surface area contributed by atoms with Gasteiger partial charge >= 0.3 is 0 Å². The van der Waals surface area contributed by atoms with E-state index in [1.165, 1.54) is 6.07 Å². The normalized spacial score (nSPS) is 14.8. The van der Waals surface area contributed by atoms with Crippen molar-refractivity contribution in [3.8, 4) is 11.3 Å². The summed E-state index contributed by atoms with van der Waals surface area (Å²) < 4.78 is 32.4. The standard InChI is InChI=1S/C18H16F2N2O/c1-9-3-4-12(7-10(9)2)14-8-13(17(19)20)15-16(11-5-6-11)22-23-18(15)21-14/h3-4,7-8,11,17H,5-6H2,1-2H3. The Labute approximate surface area is 132 Å². The lowest BCUT2D eigenvalue weighted by atomic mass is 10.0. The second kappa shape index (κ2) is 5.11. The van der Waals surface area contributed by atoms with Gasteiger partial charge in [0, 0.05) is 17.0 Å². The fourth-order valence-electron chi connectivity index (χ4n) is 2.86. The van der Waals surface area contributed by atoms with Crippen LogP contribution >= 0.6 is 0 Å². The Kier molecular flexibility index (Phi) is 3.18. The minimum Gasteiger partial charge on any atom is -0.335 e. The van der Waals surface area contributed by atoms with Crippen LogP contribution in [0.1, 0.15) is 47.6 Å². The van der Waals surface area contributed by atoms with Gasteiger partial charge in [0.1, 0.15) is 0 Å². The molecule has 0 saturated heterocycles. The second-order valence-electron chi connectivity index (χ2n) is 6.22. The summed E-state index contributed by atoms with van der Waals surface area (Å²) in [6.07, 6.45) is -0.630. The molecule has 1 aromatic carbocycles.